The number of nitriles is 1. The van der Waals surface area contributed by atoms with Crippen LogP contribution in [-0.4, -0.2) is 46.7 Å². The Bertz CT molecular complexity index is 1750. The summed E-state index contributed by atoms with van der Waals surface area (Å²) in [6.07, 6.45) is -1.90. The molecule has 8 nitrogen and oxygen atoms in total. The Morgan fingerprint density at radius 3 is 2.51 bits per heavy atom. The minimum absolute atomic E-state index is 0.0208. The molecule has 3 fully saturated rings. The number of benzene rings is 2. The van der Waals surface area contributed by atoms with Crippen LogP contribution in [0, 0.1) is 28.4 Å². The monoisotopic (exact) mass is 587 g/mol. The smallest absolute Gasteiger partial charge is 0.417 e. The zero-order valence-corrected chi connectivity index (χ0v) is 22.2. The number of alkyl halides is 3. The van der Waals surface area contributed by atoms with Crippen molar-refractivity contribution in [2.75, 3.05) is 30.3 Å². The zero-order chi connectivity index (χ0) is 28.7. The van der Waals surface area contributed by atoms with Crippen LogP contribution < -0.4 is 20.7 Å². The molecule has 4 heterocycles. The molecule has 2 bridgehead atoms. The van der Waals surface area contributed by atoms with Crippen molar-refractivity contribution in [2.45, 2.75) is 43.9 Å². The highest BCUT2D eigenvalue weighted by molar-refractivity contribution is 7.22. The Morgan fingerprint density at radius 1 is 1.12 bits per heavy atom. The van der Waals surface area contributed by atoms with Crippen LogP contribution in [0.15, 0.2) is 18.2 Å². The van der Waals surface area contributed by atoms with Crippen LogP contribution in [0.2, 0.25) is 0 Å². The molecule has 41 heavy (non-hydrogen) atoms. The molecule has 2 unspecified atom stereocenters. The van der Waals surface area contributed by atoms with Crippen molar-refractivity contribution < 1.29 is 26.7 Å². The largest absolute Gasteiger partial charge is 0.462 e. The van der Waals surface area contributed by atoms with E-state index in [4.69, 9.17) is 10.5 Å². The van der Waals surface area contributed by atoms with Crippen LogP contribution in [0.5, 0.6) is 6.01 Å². The highest BCUT2D eigenvalue weighted by Gasteiger charge is 2.45. The maximum Gasteiger partial charge on any atom is 0.417 e. The fourth-order valence-electron chi connectivity index (χ4n) is 5.79. The summed E-state index contributed by atoms with van der Waals surface area (Å²) in [5.74, 6) is -1.86. The molecule has 2 saturated heterocycles. The second kappa shape index (κ2) is 9.09. The number of nitrogens with zero attached hydrogens (tertiary/aromatic N) is 5. The third-order valence-electron chi connectivity index (χ3n) is 8.06. The van der Waals surface area contributed by atoms with E-state index in [1.54, 1.807) is 0 Å². The lowest BCUT2D eigenvalue weighted by atomic mass is 9.95. The fourth-order valence-corrected chi connectivity index (χ4v) is 6.55. The molecule has 4 aromatic rings. The van der Waals surface area contributed by atoms with Crippen molar-refractivity contribution in [1.29, 1.82) is 5.26 Å². The van der Waals surface area contributed by atoms with Gasteiger partial charge in [0.1, 0.15) is 23.8 Å². The maximum atomic E-state index is 16.5. The molecule has 0 radical (unpaired) electrons. The van der Waals surface area contributed by atoms with Crippen LogP contribution >= 0.6 is 11.3 Å². The minimum atomic E-state index is -4.98. The maximum absolute atomic E-state index is 16.5. The molecule has 3 N–H and O–H groups in total. The van der Waals surface area contributed by atoms with Gasteiger partial charge >= 0.3 is 12.2 Å². The van der Waals surface area contributed by atoms with Crippen LogP contribution in [0.4, 0.5) is 32.9 Å². The van der Waals surface area contributed by atoms with Gasteiger partial charge in [0.15, 0.2) is 10.9 Å². The summed E-state index contributed by atoms with van der Waals surface area (Å²) in [7, 11) is 0. The molecule has 0 spiro atoms. The number of hydrogen-bond acceptors (Lipinski definition) is 9. The Labute approximate surface area is 233 Å². The molecule has 2 atom stereocenters. The number of hydrogen-bond donors (Lipinski definition) is 2. The number of fused-ring (bicyclic) bond motifs is 4. The average molecular weight is 588 g/mol. The molecule has 14 heteroatoms. The van der Waals surface area contributed by atoms with E-state index in [1.165, 1.54) is 0 Å². The summed E-state index contributed by atoms with van der Waals surface area (Å²) < 4.78 is 80.6. The SMILES string of the molecule is N#CC1(COc2nc(N3CC4CCC(C3)N4)c3cc(C(F)(F)F)c(-c4ccc(F)c5sc(N)nc45)c(F)c3n2)CC1. The summed E-state index contributed by atoms with van der Waals surface area (Å²) in [6.45, 7) is 0.907. The molecule has 2 aliphatic heterocycles. The van der Waals surface area contributed by atoms with Crippen molar-refractivity contribution >= 4 is 43.4 Å². The van der Waals surface area contributed by atoms with E-state index in [1.807, 2.05) is 4.90 Å². The number of nitrogens with two attached hydrogens (primary N) is 1. The molecule has 2 aromatic heterocycles. The van der Waals surface area contributed by atoms with E-state index in [2.05, 4.69) is 26.3 Å². The van der Waals surface area contributed by atoms with Crippen molar-refractivity contribution in [3.05, 3.63) is 35.4 Å². The normalized spacial score (nSPS) is 21.4. The molecule has 2 aromatic carbocycles. The van der Waals surface area contributed by atoms with Gasteiger partial charge in [-0.15, -0.1) is 0 Å². The number of thiazole rings is 1. The molecular weight excluding hydrogens is 565 g/mol. The van der Waals surface area contributed by atoms with Crippen molar-refractivity contribution in [1.82, 2.24) is 20.3 Å². The lowest BCUT2D eigenvalue weighted by Crippen LogP contribution is -2.51. The number of nitrogens with one attached hydrogen (secondary N) is 1. The minimum Gasteiger partial charge on any atom is -0.462 e. The standard InChI is InChI=1S/C27H22F5N7OS/c28-17-4-3-14(21-22(17)41-24(34)36-21)18-16(27(30,31)32)7-15-20(19(18)29)37-25(40-11-26(10-33)5-6-26)38-23(15)39-8-12-1-2-13(9-39)35-12/h3-4,7,12-13,35H,1-2,5-6,8-9,11H2,(H2,34,36). The highest BCUT2D eigenvalue weighted by atomic mass is 32.1. The number of aromatic nitrogens is 3. The van der Waals surface area contributed by atoms with Gasteiger partial charge in [-0.2, -0.15) is 28.4 Å². The summed E-state index contributed by atoms with van der Waals surface area (Å²) in [5, 5.41) is 12.7. The molecule has 212 valence electrons. The summed E-state index contributed by atoms with van der Waals surface area (Å²) in [4.78, 5) is 14.5. The van der Waals surface area contributed by atoms with Gasteiger partial charge in [-0.3, -0.25) is 0 Å². The first-order chi connectivity index (χ1) is 19.5. The van der Waals surface area contributed by atoms with Gasteiger partial charge in [0.05, 0.1) is 27.3 Å². The number of anilines is 2. The number of rotatable bonds is 5. The lowest BCUT2D eigenvalue weighted by molar-refractivity contribution is -0.137. The quantitative estimate of drug-likeness (QED) is 0.298. The van der Waals surface area contributed by atoms with E-state index in [-0.39, 0.29) is 62.3 Å². The Kier molecular flexibility index (Phi) is 5.78. The first-order valence-electron chi connectivity index (χ1n) is 13.1. The van der Waals surface area contributed by atoms with E-state index in [0.29, 0.717) is 25.9 Å². The van der Waals surface area contributed by atoms with Crippen LogP contribution in [-0.2, 0) is 6.18 Å². The lowest BCUT2D eigenvalue weighted by Gasteiger charge is -2.34. The summed E-state index contributed by atoms with van der Waals surface area (Å²) in [5.41, 5.74) is 2.18. The summed E-state index contributed by atoms with van der Waals surface area (Å²) >= 11 is 0.761. The van der Waals surface area contributed by atoms with Gasteiger partial charge in [-0.1, -0.05) is 11.3 Å². The van der Waals surface area contributed by atoms with Crippen molar-refractivity contribution in [2.24, 2.45) is 5.41 Å². The molecular formula is C27H22F5N7OS. The van der Waals surface area contributed by atoms with E-state index in [9.17, 15) is 22.8 Å². The summed E-state index contributed by atoms with van der Waals surface area (Å²) in [6, 6.07) is 5.08. The van der Waals surface area contributed by atoms with Gasteiger partial charge in [0, 0.05) is 41.7 Å². The Balaban J connectivity index is 1.47. The van der Waals surface area contributed by atoms with Crippen LogP contribution in [0.25, 0.3) is 32.2 Å². The third-order valence-corrected chi connectivity index (χ3v) is 8.95. The van der Waals surface area contributed by atoms with E-state index in [0.717, 1.165) is 42.4 Å². The van der Waals surface area contributed by atoms with Crippen molar-refractivity contribution in [3.63, 3.8) is 0 Å². The molecule has 7 rings (SSSR count). The van der Waals surface area contributed by atoms with Crippen LogP contribution in [0.3, 0.4) is 0 Å². The van der Waals surface area contributed by atoms with E-state index >= 15 is 4.39 Å². The first kappa shape index (κ1) is 26.1. The van der Waals surface area contributed by atoms with E-state index < -0.39 is 34.4 Å². The third kappa shape index (κ3) is 4.38. The van der Waals surface area contributed by atoms with Gasteiger partial charge in [0.2, 0.25) is 0 Å². The Hall–Kier alpha value is -3.83. The molecule has 3 aliphatic rings. The predicted molar refractivity (Wildman–Crippen MR) is 142 cm³/mol. The van der Waals surface area contributed by atoms with Crippen LogP contribution in [0.1, 0.15) is 31.2 Å². The Morgan fingerprint density at radius 2 is 1.85 bits per heavy atom. The molecule has 1 aliphatic carbocycles. The zero-order valence-electron chi connectivity index (χ0n) is 21.4. The topological polar surface area (TPSA) is 113 Å². The van der Waals surface area contributed by atoms with Gasteiger partial charge < -0.3 is 20.7 Å². The average Bonchev–Trinajstić information content (AvgIpc) is 3.50. The molecule has 0 amide bonds. The predicted octanol–water partition coefficient (Wildman–Crippen LogP) is 5.41. The number of halogens is 5. The van der Waals surface area contributed by atoms with Crippen molar-refractivity contribution in [3.8, 4) is 23.2 Å². The highest BCUT2D eigenvalue weighted by Crippen LogP contribution is 2.47. The number of nitrogen functional groups attached to an aromatic ring is 1. The second-order valence-corrected chi connectivity index (χ2v) is 11.9. The molecule has 1 saturated carbocycles. The van der Waals surface area contributed by atoms with Gasteiger partial charge in [-0.25, -0.2) is 13.8 Å². The van der Waals surface area contributed by atoms with Gasteiger partial charge in [-0.05, 0) is 43.9 Å². The second-order valence-electron chi connectivity index (χ2n) is 10.9. The fraction of sp³-hybridized carbons (Fsp3) is 0.407. The number of piperazine rings is 1. The van der Waals surface area contributed by atoms with Gasteiger partial charge in [0.25, 0.3) is 0 Å². The number of ether oxygens (including phenoxy) is 1. The first-order valence-corrected chi connectivity index (χ1v) is 13.9.